The summed E-state index contributed by atoms with van der Waals surface area (Å²) in [5.74, 6) is 0.218. The van der Waals surface area contributed by atoms with E-state index >= 15 is 0 Å². The Morgan fingerprint density at radius 1 is 1.33 bits per heavy atom. The first-order chi connectivity index (χ1) is 8.56. The third kappa shape index (κ3) is 2.72. The largest absolute Gasteiger partial charge is 0.384 e. The molecule has 0 radical (unpaired) electrons. The average molecular weight is 263 g/mol. The van der Waals surface area contributed by atoms with Gasteiger partial charge in [-0.1, -0.05) is 0 Å². The summed E-state index contributed by atoms with van der Waals surface area (Å²) in [6.07, 6.45) is 1.59. The van der Waals surface area contributed by atoms with Crippen LogP contribution in [0.15, 0.2) is 34.6 Å². The van der Waals surface area contributed by atoms with Gasteiger partial charge >= 0.3 is 5.69 Å². The standard InChI is InChI=1S/C10H9N5O2S/c1-6-4-5-12-10(13-6)18-9-7(15(16)17)2-3-8(11)14-9/h2-5H,1H3,(H2,11,14). The molecule has 0 saturated heterocycles. The molecule has 0 atom stereocenters. The normalized spacial score (nSPS) is 10.3. The molecule has 2 heterocycles. The Morgan fingerprint density at radius 3 is 2.78 bits per heavy atom. The molecule has 0 saturated carbocycles. The van der Waals surface area contributed by atoms with Gasteiger partial charge in [-0.15, -0.1) is 0 Å². The van der Waals surface area contributed by atoms with Crippen LogP contribution in [0.3, 0.4) is 0 Å². The summed E-state index contributed by atoms with van der Waals surface area (Å²) < 4.78 is 0. The summed E-state index contributed by atoms with van der Waals surface area (Å²) in [5, 5.41) is 11.4. The number of aryl methyl sites for hydroxylation is 1. The lowest BCUT2D eigenvalue weighted by molar-refractivity contribution is -0.388. The predicted molar refractivity (Wildman–Crippen MR) is 66.2 cm³/mol. The summed E-state index contributed by atoms with van der Waals surface area (Å²) in [7, 11) is 0. The fraction of sp³-hybridized carbons (Fsp3) is 0.100. The van der Waals surface area contributed by atoms with Crippen LogP contribution in [0.2, 0.25) is 0 Å². The van der Waals surface area contributed by atoms with E-state index in [-0.39, 0.29) is 16.5 Å². The molecule has 0 unspecified atom stereocenters. The van der Waals surface area contributed by atoms with Gasteiger partial charge in [0, 0.05) is 18.0 Å². The van der Waals surface area contributed by atoms with Gasteiger partial charge in [0.25, 0.3) is 0 Å². The SMILES string of the molecule is Cc1ccnc(Sc2nc(N)ccc2[N+](=O)[O-])n1. The first kappa shape index (κ1) is 12.2. The Balaban J connectivity index is 2.39. The van der Waals surface area contributed by atoms with Crippen LogP contribution in [-0.4, -0.2) is 19.9 Å². The van der Waals surface area contributed by atoms with Crippen LogP contribution in [-0.2, 0) is 0 Å². The van der Waals surface area contributed by atoms with Crippen LogP contribution in [0.5, 0.6) is 0 Å². The lowest BCUT2D eigenvalue weighted by Crippen LogP contribution is -1.98. The molecule has 0 amide bonds. The zero-order valence-electron chi connectivity index (χ0n) is 9.40. The molecule has 2 aromatic heterocycles. The van der Waals surface area contributed by atoms with E-state index in [0.717, 1.165) is 17.5 Å². The van der Waals surface area contributed by atoms with Crippen molar-refractivity contribution in [3.8, 4) is 0 Å². The molecular formula is C10H9N5O2S. The second-order valence-corrected chi connectivity index (χ2v) is 4.36. The van der Waals surface area contributed by atoms with E-state index in [0.29, 0.717) is 5.16 Å². The molecule has 92 valence electrons. The van der Waals surface area contributed by atoms with Crippen molar-refractivity contribution in [3.05, 3.63) is 40.2 Å². The Labute approximate surface area is 107 Å². The number of nitro groups is 1. The number of anilines is 1. The van der Waals surface area contributed by atoms with Crippen molar-refractivity contribution in [3.63, 3.8) is 0 Å². The van der Waals surface area contributed by atoms with Crippen molar-refractivity contribution < 1.29 is 4.92 Å². The number of nitrogen functional groups attached to an aromatic ring is 1. The maximum absolute atomic E-state index is 10.9. The van der Waals surface area contributed by atoms with Crippen LogP contribution in [0, 0.1) is 17.0 Å². The second kappa shape index (κ2) is 4.96. The summed E-state index contributed by atoms with van der Waals surface area (Å²) in [5.41, 5.74) is 6.19. The monoisotopic (exact) mass is 263 g/mol. The highest BCUT2D eigenvalue weighted by Crippen LogP contribution is 2.31. The quantitative estimate of drug-likeness (QED) is 0.511. The highest BCUT2D eigenvalue weighted by molar-refractivity contribution is 7.99. The van der Waals surface area contributed by atoms with Crippen molar-refractivity contribution in [1.82, 2.24) is 15.0 Å². The van der Waals surface area contributed by atoms with Crippen molar-refractivity contribution in [2.45, 2.75) is 17.1 Å². The average Bonchev–Trinajstić information content (AvgIpc) is 2.28. The molecule has 0 bridgehead atoms. The molecule has 18 heavy (non-hydrogen) atoms. The molecule has 0 fully saturated rings. The van der Waals surface area contributed by atoms with Crippen LogP contribution in [0.25, 0.3) is 0 Å². The molecule has 2 aromatic rings. The molecule has 8 heteroatoms. The highest BCUT2D eigenvalue weighted by atomic mass is 32.2. The fourth-order valence-electron chi connectivity index (χ4n) is 1.22. The van der Waals surface area contributed by atoms with E-state index in [1.165, 1.54) is 12.1 Å². The van der Waals surface area contributed by atoms with Gasteiger partial charge in [0.05, 0.1) is 4.92 Å². The number of nitrogens with two attached hydrogens (primary N) is 1. The van der Waals surface area contributed by atoms with Crippen molar-refractivity contribution in [2.24, 2.45) is 0 Å². The van der Waals surface area contributed by atoms with Crippen LogP contribution in [0.4, 0.5) is 11.5 Å². The fourth-order valence-corrected chi connectivity index (χ4v) is 2.10. The number of rotatable bonds is 3. The number of nitrogens with zero attached hydrogens (tertiary/aromatic N) is 4. The Hall–Kier alpha value is -2.22. The number of pyridine rings is 1. The summed E-state index contributed by atoms with van der Waals surface area (Å²) in [6.45, 7) is 1.81. The van der Waals surface area contributed by atoms with Gasteiger partial charge in [0.2, 0.25) is 0 Å². The first-order valence-corrected chi connectivity index (χ1v) is 5.76. The van der Waals surface area contributed by atoms with Gasteiger partial charge in [-0.25, -0.2) is 15.0 Å². The summed E-state index contributed by atoms with van der Waals surface area (Å²) >= 11 is 1.02. The van der Waals surface area contributed by atoms with Gasteiger partial charge < -0.3 is 5.73 Å². The summed E-state index contributed by atoms with van der Waals surface area (Å²) in [6, 6.07) is 4.45. The zero-order valence-corrected chi connectivity index (χ0v) is 10.2. The molecule has 0 aromatic carbocycles. The minimum Gasteiger partial charge on any atom is -0.384 e. The molecule has 0 spiro atoms. The number of hydrogen-bond acceptors (Lipinski definition) is 7. The Morgan fingerprint density at radius 2 is 2.11 bits per heavy atom. The van der Waals surface area contributed by atoms with Gasteiger partial charge in [0.1, 0.15) is 5.82 Å². The summed E-state index contributed by atoms with van der Waals surface area (Å²) in [4.78, 5) is 22.5. The van der Waals surface area contributed by atoms with Crippen LogP contribution in [0.1, 0.15) is 5.69 Å². The molecule has 0 aliphatic carbocycles. The minimum atomic E-state index is -0.509. The van der Waals surface area contributed by atoms with Gasteiger partial charge in [-0.2, -0.15) is 0 Å². The zero-order chi connectivity index (χ0) is 13.1. The Bertz CT molecular complexity index is 605. The van der Waals surface area contributed by atoms with Gasteiger partial charge in [0.15, 0.2) is 10.2 Å². The number of aromatic nitrogens is 3. The lowest BCUT2D eigenvalue weighted by Gasteiger charge is -2.02. The Kier molecular flexibility index (Phi) is 3.38. The first-order valence-electron chi connectivity index (χ1n) is 4.94. The van der Waals surface area contributed by atoms with Crippen LogP contribution >= 0.6 is 11.8 Å². The lowest BCUT2D eigenvalue weighted by atomic mass is 10.4. The maximum atomic E-state index is 10.9. The predicted octanol–water partition coefficient (Wildman–Crippen LogP) is 1.82. The van der Waals surface area contributed by atoms with E-state index in [1.807, 2.05) is 6.92 Å². The van der Waals surface area contributed by atoms with E-state index in [4.69, 9.17) is 5.73 Å². The van der Waals surface area contributed by atoms with Crippen molar-refractivity contribution in [2.75, 3.05) is 5.73 Å². The molecule has 2 N–H and O–H groups in total. The van der Waals surface area contributed by atoms with E-state index in [1.54, 1.807) is 12.3 Å². The molecule has 2 rings (SSSR count). The van der Waals surface area contributed by atoms with E-state index < -0.39 is 4.92 Å². The van der Waals surface area contributed by atoms with Crippen molar-refractivity contribution in [1.29, 1.82) is 0 Å². The van der Waals surface area contributed by atoms with Crippen molar-refractivity contribution >= 4 is 23.3 Å². The second-order valence-electron chi connectivity index (χ2n) is 3.40. The molecule has 7 nitrogen and oxygen atoms in total. The molecule has 0 aliphatic heterocycles. The van der Waals surface area contributed by atoms with Gasteiger partial charge in [-0.05, 0) is 30.8 Å². The minimum absolute atomic E-state index is 0.112. The van der Waals surface area contributed by atoms with Gasteiger partial charge in [-0.3, -0.25) is 10.1 Å². The molecule has 0 aliphatic rings. The third-order valence-corrected chi connectivity index (χ3v) is 2.89. The maximum Gasteiger partial charge on any atom is 0.301 e. The van der Waals surface area contributed by atoms with Crippen LogP contribution < -0.4 is 5.73 Å². The third-order valence-electron chi connectivity index (χ3n) is 2.02. The van der Waals surface area contributed by atoms with E-state index in [2.05, 4.69) is 15.0 Å². The highest BCUT2D eigenvalue weighted by Gasteiger charge is 2.17. The molecular weight excluding hydrogens is 254 g/mol. The number of hydrogen-bond donors (Lipinski definition) is 1. The van der Waals surface area contributed by atoms with E-state index in [9.17, 15) is 10.1 Å². The smallest absolute Gasteiger partial charge is 0.301 e. The topological polar surface area (TPSA) is 108 Å².